The van der Waals surface area contributed by atoms with Gasteiger partial charge in [-0.3, -0.25) is 4.90 Å². The van der Waals surface area contributed by atoms with E-state index in [1.165, 1.54) is 6.42 Å². The number of hydrogen-bond acceptors (Lipinski definition) is 5. The van der Waals surface area contributed by atoms with E-state index in [2.05, 4.69) is 5.32 Å². The van der Waals surface area contributed by atoms with E-state index in [1.54, 1.807) is 4.52 Å². The van der Waals surface area contributed by atoms with Crippen molar-refractivity contribution in [2.45, 2.75) is 70.9 Å². The maximum Gasteiger partial charge on any atom is 0.410 e. The van der Waals surface area contributed by atoms with E-state index in [4.69, 9.17) is 26.4 Å². The van der Waals surface area contributed by atoms with Crippen molar-refractivity contribution in [1.29, 1.82) is 0 Å². The van der Waals surface area contributed by atoms with Gasteiger partial charge in [-0.05, 0) is 84.2 Å². The zero-order valence-corrected chi connectivity index (χ0v) is 19.4. The molecule has 0 bridgehead atoms. The lowest BCUT2D eigenvalue weighted by atomic mass is 9.89. The summed E-state index contributed by atoms with van der Waals surface area (Å²) in [4.78, 5) is 19.6. The van der Waals surface area contributed by atoms with Crippen LogP contribution in [-0.4, -0.2) is 50.8 Å². The molecule has 3 unspecified atom stereocenters. The fourth-order valence-electron chi connectivity index (χ4n) is 5.37. The van der Waals surface area contributed by atoms with Crippen LogP contribution in [0, 0.1) is 11.8 Å². The topological polar surface area (TPSA) is 71.8 Å². The molecule has 8 heteroatoms. The van der Waals surface area contributed by atoms with E-state index in [-0.39, 0.29) is 12.1 Å². The molecule has 2 fully saturated rings. The molecule has 7 nitrogen and oxygen atoms in total. The van der Waals surface area contributed by atoms with Gasteiger partial charge in [0.15, 0.2) is 5.65 Å². The third kappa shape index (κ3) is 4.02. The maximum atomic E-state index is 12.8. The van der Waals surface area contributed by atoms with Gasteiger partial charge in [-0.15, -0.1) is 0 Å². The standard InChI is InChI=1S/C23H32ClN5O2/c1-23(2,3)31-22(30)28-9-5-4-6-19(28)18-12-20-26-17-11-15(14-7-8-25-13-14)10-16(17)21(24)29(20)27-18/h12,14-15,19,25H,4-11,13H2,1-3H3. The molecular weight excluding hydrogens is 414 g/mol. The summed E-state index contributed by atoms with van der Waals surface area (Å²) in [6.07, 6.45) is 5.85. The van der Waals surface area contributed by atoms with Crippen molar-refractivity contribution in [1.82, 2.24) is 24.8 Å². The first-order valence-corrected chi connectivity index (χ1v) is 12.0. The number of likely N-dealkylation sites (tertiary alicyclic amines) is 1. The Hall–Kier alpha value is -1.86. The van der Waals surface area contributed by atoms with Gasteiger partial charge in [0, 0.05) is 23.9 Å². The summed E-state index contributed by atoms with van der Waals surface area (Å²) >= 11 is 6.84. The maximum absolute atomic E-state index is 12.8. The molecule has 5 rings (SSSR count). The molecule has 4 heterocycles. The lowest BCUT2D eigenvalue weighted by Crippen LogP contribution is -2.42. The van der Waals surface area contributed by atoms with Gasteiger partial charge in [0.1, 0.15) is 10.8 Å². The van der Waals surface area contributed by atoms with Gasteiger partial charge < -0.3 is 10.1 Å². The monoisotopic (exact) mass is 445 g/mol. The molecule has 2 saturated heterocycles. The molecule has 0 spiro atoms. The van der Waals surface area contributed by atoms with E-state index < -0.39 is 5.60 Å². The number of hydrogen-bond donors (Lipinski definition) is 1. The lowest BCUT2D eigenvalue weighted by Gasteiger charge is -2.35. The number of nitrogens with one attached hydrogen (secondary N) is 1. The number of carbonyl (C=O) groups excluding carboxylic acids is 1. The number of piperidine rings is 1. The van der Waals surface area contributed by atoms with Crippen molar-refractivity contribution in [3.05, 3.63) is 28.2 Å². The number of nitrogens with zero attached hydrogens (tertiary/aromatic N) is 4. The van der Waals surface area contributed by atoms with Crippen LogP contribution in [0.15, 0.2) is 6.07 Å². The highest BCUT2D eigenvalue weighted by Crippen LogP contribution is 2.38. The summed E-state index contributed by atoms with van der Waals surface area (Å²) in [6.45, 7) is 8.58. The molecule has 0 saturated carbocycles. The molecule has 3 atom stereocenters. The minimum Gasteiger partial charge on any atom is -0.444 e. The molecule has 1 aliphatic carbocycles. The molecule has 2 aliphatic heterocycles. The zero-order chi connectivity index (χ0) is 21.8. The van der Waals surface area contributed by atoms with Crippen molar-refractivity contribution in [2.75, 3.05) is 19.6 Å². The number of halogens is 1. The summed E-state index contributed by atoms with van der Waals surface area (Å²) in [6, 6.07) is 1.90. The average Bonchev–Trinajstić information content (AvgIpc) is 3.46. The summed E-state index contributed by atoms with van der Waals surface area (Å²) in [7, 11) is 0. The molecule has 168 valence electrons. The van der Waals surface area contributed by atoms with Crippen molar-refractivity contribution in [2.24, 2.45) is 11.8 Å². The third-order valence-corrected chi connectivity index (χ3v) is 7.29. The Bertz CT molecular complexity index is 992. The van der Waals surface area contributed by atoms with E-state index in [1.807, 2.05) is 31.7 Å². The van der Waals surface area contributed by atoms with Gasteiger partial charge >= 0.3 is 6.09 Å². The van der Waals surface area contributed by atoms with Crippen molar-refractivity contribution >= 4 is 23.3 Å². The van der Waals surface area contributed by atoms with E-state index in [0.717, 1.165) is 67.8 Å². The van der Waals surface area contributed by atoms with Crippen LogP contribution in [-0.2, 0) is 17.6 Å². The fourth-order valence-corrected chi connectivity index (χ4v) is 5.68. The molecule has 1 N–H and O–H groups in total. The second kappa shape index (κ2) is 7.93. The van der Waals surface area contributed by atoms with Gasteiger partial charge in [0.25, 0.3) is 0 Å². The van der Waals surface area contributed by atoms with Gasteiger partial charge in [0.2, 0.25) is 0 Å². The predicted octanol–water partition coefficient (Wildman–Crippen LogP) is 4.17. The van der Waals surface area contributed by atoms with Crippen LogP contribution in [0.4, 0.5) is 4.79 Å². The van der Waals surface area contributed by atoms with Gasteiger partial charge in [-0.25, -0.2) is 14.3 Å². The number of carbonyl (C=O) groups is 1. The Balaban J connectivity index is 1.42. The molecule has 0 aromatic carbocycles. The first-order valence-electron chi connectivity index (χ1n) is 11.6. The minimum atomic E-state index is -0.519. The van der Waals surface area contributed by atoms with Gasteiger partial charge in [-0.1, -0.05) is 11.6 Å². The Kier molecular flexibility index (Phi) is 5.37. The number of aromatic nitrogens is 3. The van der Waals surface area contributed by atoms with Crippen LogP contribution in [0.3, 0.4) is 0 Å². The Morgan fingerprint density at radius 3 is 2.81 bits per heavy atom. The number of amides is 1. The first kappa shape index (κ1) is 21.0. The summed E-state index contributed by atoms with van der Waals surface area (Å²) in [5, 5.41) is 8.98. The largest absolute Gasteiger partial charge is 0.444 e. The lowest BCUT2D eigenvalue weighted by molar-refractivity contribution is 0.00898. The highest BCUT2D eigenvalue weighted by atomic mass is 35.5. The molecule has 31 heavy (non-hydrogen) atoms. The molecule has 0 radical (unpaired) electrons. The Morgan fingerprint density at radius 1 is 1.23 bits per heavy atom. The van der Waals surface area contributed by atoms with Crippen LogP contribution < -0.4 is 5.32 Å². The van der Waals surface area contributed by atoms with Crippen molar-refractivity contribution in [3.63, 3.8) is 0 Å². The van der Waals surface area contributed by atoms with E-state index in [0.29, 0.717) is 23.5 Å². The Morgan fingerprint density at radius 2 is 2.06 bits per heavy atom. The van der Waals surface area contributed by atoms with Crippen LogP contribution in [0.2, 0.25) is 5.15 Å². The van der Waals surface area contributed by atoms with Crippen LogP contribution >= 0.6 is 11.6 Å². The molecule has 1 amide bonds. The second-order valence-corrected chi connectivity index (χ2v) is 10.6. The number of rotatable bonds is 2. The van der Waals surface area contributed by atoms with Crippen LogP contribution in [0.5, 0.6) is 0 Å². The molecular formula is C23H32ClN5O2. The quantitative estimate of drug-likeness (QED) is 0.702. The van der Waals surface area contributed by atoms with Gasteiger partial charge in [-0.2, -0.15) is 5.10 Å². The second-order valence-electron chi connectivity index (χ2n) is 10.3. The van der Waals surface area contributed by atoms with Crippen LogP contribution in [0.25, 0.3) is 5.65 Å². The fraction of sp³-hybridized carbons (Fsp3) is 0.696. The molecule has 3 aliphatic rings. The van der Waals surface area contributed by atoms with E-state index in [9.17, 15) is 4.79 Å². The zero-order valence-electron chi connectivity index (χ0n) is 18.7. The SMILES string of the molecule is CC(C)(C)OC(=O)N1CCCCC1c1cc2nc3c(c(Cl)n2n1)CC(C1CCNC1)C3. The summed E-state index contributed by atoms with van der Waals surface area (Å²) in [5.74, 6) is 1.32. The normalized spacial score (nSPS) is 26.5. The molecule has 2 aromatic heterocycles. The smallest absolute Gasteiger partial charge is 0.410 e. The number of ether oxygens (including phenoxy) is 1. The van der Waals surface area contributed by atoms with Crippen LogP contribution in [0.1, 0.15) is 69.4 Å². The van der Waals surface area contributed by atoms with Crippen molar-refractivity contribution < 1.29 is 9.53 Å². The minimum absolute atomic E-state index is 0.103. The summed E-state index contributed by atoms with van der Waals surface area (Å²) in [5.41, 5.74) is 3.37. The first-order chi connectivity index (χ1) is 14.8. The average molecular weight is 446 g/mol. The van der Waals surface area contributed by atoms with Crippen molar-refractivity contribution in [3.8, 4) is 0 Å². The highest BCUT2D eigenvalue weighted by molar-refractivity contribution is 6.30. The highest BCUT2D eigenvalue weighted by Gasteiger charge is 2.36. The van der Waals surface area contributed by atoms with Gasteiger partial charge in [0.05, 0.1) is 11.7 Å². The van der Waals surface area contributed by atoms with E-state index >= 15 is 0 Å². The predicted molar refractivity (Wildman–Crippen MR) is 119 cm³/mol. The molecule has 2 aromatic rings. The number of fused-ring (bicyclic) bond motifs is 2. The Labute approximate surface area is 188 Å². The third-order valence-electron chi connectivity index (χ3n) is 6.90. The summed E-state index contributed by atoms with van der Waals surface area (Å²) < 4.78 is 7.43.